The molecule has 0 radical (unpaired) electrons. The number of nitrogens with zero attached hydrogens (tertiary/aromatic N) is 7. The van der Waals surface area contributed by atoms with Gasteiger partial charge < -0.3 is 52.4 Å². The third-order valence-electron chi connectivity index (χ3n) is 11.9. The van der Waals surface area contributed by atoms with E-state index in [2.05, 4.69) is 94.0 Å². The SMILES string of the molecule is CCN(CC)c1ccc2cc(-c3cn(-c4ccc(N5CCOc6cc(C)ccc6N6CCOCCOCCN(CCOCC6)c6ccc(C)cc6OCC5)c(OC)c4)nn3)c(=O)oc2c1. The third-order valence-corrected chi connectivity index (χ3v) is 11.9. The van der Waals surface area contributed by atoms with Crippen LogP contribution in [0.1, 0.15) is 25.0 Å². The minimum absolute atomic E-state index is 0.333. The topological polar surface area (TPSA) is 129 Å². The van der Waals surface area contributed by atoms with E-state index in [0.29, 0.717) is 120 Å². The Morgan fingerprint density at radius 1 is 0.631 bits per heavy atom. The van der Waals surface area contributed by atoms with Gasteiger partial charge in [-0.1, -0.05) is 17.3 Å². The molecule has 4 aromatic carbocycles. The molecule has 0 aliphatic carbocycles. The van der Waals surface area contributed by atoms with Gasteiger partial charge in [-0.2, -0.15) is 0 Å². The lowest BCUT2D eigenvalue weighted by Crippen LogP contribution is -2.35. The number of methoxy groups -OCH3 is 1. The summed E-state index contributed by atoms with van der Waals surface area (Å²) in [6, 6.07) is 26.3. The fourth-order valence-electron chi connectivity index (χ4n) is 8.36. The van der Waals surface area contributed by atoms with Crippen LogP contribution in [0.2, 0.25) is 0 Å². The molecule has 4 heterocycles. The Hall–Kier alpha value is -6.29. The van der Waals surface area contributed by atoms with Gasteiger partial charge in [-0.05, 0) is 93.4 Å². The van der Waals surface area contributed by atoms with Gasteiger partial charge in [-0.25, -0.2) is 9.48 Å². The molecule has 2 aliphatic heterocycles. The van der Waals surface area contributed by atoms with Crippen molar-refractivity contribution in [1.82, 2.24) is 15.0 Å². The molecule has 1 saturated heterocycles. The zero-order valence-electron chi connectivity index (χ0n) is 38.3. The van der Waals surface area contributed by atoms with Crippen LogP contribution >= 0.6 is 0 Å². The molecule has 0 spiro atoms. The normalized spacial score (nSPS) is 16.0. The first-order valence-electron chi connectivity index (χ1n) is 22.7. The van der Waals surface area contributed by atoms with E-state index in [1.54, 1.807) is 18.0 Å². The summed E-state index contributed by atoms with van der Waals surface area (Å²) in [5.74, 6) is 2.23. The Kier molecular flexibility index (Phi) is 15.0. The minimum Gasteiger partial charge on any atom is -0.495 e. The van der Waals surface area contributed by atoms with Crippen LogP contribution in [0.4, 0.5) is 22.7 Å². The van der Waals surface area contributed by atoms with Gasteiger partial charge in [0.1, 0.15) is 41.7 Å². The van der Waals surface area contributed by atoms with Crippen LogP contribution in [0.3, 0.4) is 0 Å². The van der Waals surface area contributed by atoms with Crippen molar-refractivity contribution in [3.05, 3.63) is 107 Å². The van der Waals surface area contributed by atoms with Gasteiger partial charge in [0.05, 0.1) is 94.4 Å². The highest BCUT2D eigenvalue weighted by molar-refractivity contribution is 5.84. The molecule has 2 bridgehead atoms. The minimum atomic E-state index is -0.477. The fourth-order valence-corrected chi connectivity index (χ4v) is 8.36. The van der Waals surface area contributed by atoms with E-state index >= 15 is 0 Å². The summed E-state index contributed by atoms with van der Waals surface area (Å²) in [5, 5.41) is 9.62. The molecule has 0 unspecified atom stereocenters. The van der Waals surface area contributed by atoms with Crippen LogP contribution in [0.5, 0.6) is 17.2 Å². The number of anilines is 4. The number of benzene rings is 4. The molecule has 15 heteroatoms. The quantitative estimate of drug-likeness (QED) is 0.119. The summed E-state index contributed by atoms with van der Waals surface area (Å²) in [5.41, 5.74) is 7.56. The van der Waals surface area contributed by atoms with Crippen molar-refractivity contribution in [2.45, 2.75) is 27.7 Å². The third kappa shape index (κ3) is 11.0. The molecule has 2 aromatic heterocycles. The van der Waals surface area contributed by atoms with Gasteiger partial charge >= 0.3 is 5.63 Å². The molecule has 0 N–H and O–H groups in total. The Labute approximate surface area is 380 Å². The largest absolute Gasteiger partial charge is 0.495 e. The van der Waals surface area contributed by atoms with E-state index in [-0.39, 0.29) is 0 Å². The molecular weight excluding hydrogens is 827 g/mol. The number of rotatable bonds is 7. The Balaban J connectivity index is 1.09. The Morgan fingerprint density at radius 2 is 1.18 bits per heavy atom. The van der Waals surface area contributed by atoms with Crippen molar-refractivity contribution in [1.29, 1.82) is 0 Å². The molecular formula is C50H61N7O8. The number of fused-ring (bicyclic) bond motifs is 11. The first-order valence-corrected chi connectivity index (χ1v) is 22.7. The maximum absolute atomic E-state index is 13.3. The van der Waals surface area contributed by atoms with Crippen molar-refractivity contribution < 1.29 is 32.8 Å². The average Bonchev–Trinajstić information content (AvgIpc) is 3.80. The lowest BCUT2D eigenvalue weighted by atomic mass is 10.1. The second kappa shape index (κ2) is 21.6. The zero-order valence-corrected chi connectivity index (χ0v) is 38.3. The first kappa shape index (κ1) is 45.3. The molecule has 1 fully saturated rings. The van der Waals surface area contributed by atoms with Crippen LogP contribution in [0.15, 0.2) is 94.3 Å². The number of ether oxygens (including phenoxy) is 6. The molecule has 0 amide bonds. The van der Waals surface area contributed by atoms with E-state index in [1.165, 1.54) is 0 Å². The molecule has 2 aliphatic rings. The van der Waals surface area contributed by atoms with E-state index in [0.717, 1.165) is 63.9 Å². The second-order valence-electron chi connectivity index (χ2n) is 16.2. The second-order valence-corrected chi connectivity index (χ2v) is 16.2. The number of hydrogen-bond donors (Lipinski definition) is 0. The maximum atomic E-state index is 13.3. The standard InChI is InChI=1S/C50H61N7O8/c1-6-53(7-2)39-11-10-38-32-41(50(58)65-46(38)33-39)42-35-57(52-51-42)40-12-15-43(47(34-40)59-5)56-20-26-63-48-30-36(3)8-13-44(48)54-16-22-60-23-17-55(19-25-62-29-28-61-24-18-54)45-14-9-37(4)31-49(45)64-27-21-56/h8-15,30-35H,6-7,16-29H2,1-5H3. The first-order chi connectivity index (χ1) is 31.8. The molecule has 0 atom stereocenters. The van der Waals surface area contributed by atoms with Crippen LogP contribution in [-0.4, -0.2) is 127 Å². The van der Waals surface area contributed by atoms with Gasteiger partial charge in [-0.3, -0.25) is 0 Å². The zero-order chi connectivity index (χ0) is 45.1. The van der Waals surface area contributed by atoms with Gasteiger partial charge in [0.2, 0.25) is 0 Å². The van der Waals surface area contributed by atoms with Gasteiger partial charge in [0, 0.05) is 62.5 Å². The highest BCUT2D eigenvalue weighted by Crippen LogP contribution is 2.34. The molecule has 344 valence electrons. The van der Waals surface area contributed by atoms with E-state index < -0.39 is 5.63 Å². The summed E-state index contributed by atoms with van der Waals surface area (Å²) < 4.78 is 45.3. The van der Waals surface area contributed by atoms with Crippen molar-refractivity contribution in [3.8, 4) is 34.2 Å². The monoisotopic (exact) mass is 887 g/mol. The van der Waals surface area contributed by atoms with Gasteiger partial charge in [0.15, 0.2) is 0 Å². The highest BCUT2D eigenvalue weighted by Gasteiger charge is 2.21. The summed E-state index contributed by atoms with van der Waals surface area (Å²) in [6.07, 6.45) is 1.73. The summed E-state index contributed by atoms with van der Waals surface area (Å²) >= 11 is 0. The molecule has 0 saturated carbocycles. The molecule has 8 rings (SSSR count). The maximum Gasteiger partial charge on any atom is 0.345 e. The van der Waals surface area contributed by atoms with Crippen LogP contribution in [0.25, 0.3) is 27.9 Å². The molecule has 6 aromatic rings. The average molecular weight is 888 g/mol. The van der Waals surface area contributed by atoms with Crippen LogP contribution < -0.4 is 39.4 Å². The predicted molar refractivity (Wildman–Crippen MR) is 255 cm³/mol. The van der Waals surface area contributed by atoms with Crippen molar-refractivity contribution in [2.24, 2.45) is 0 Å². The van der Waals surface area contributed by atoms with Crippen molar-refractivity contribution in [2.75, 3.05) is 132 Å². The van der Waals surface area contributed by atoms with E-state index in [1.807, 2.05) is 42.5 Å². The Morgan fingerprint density at radius 3 is 1.77 bits per heavy atom. The van der Waals surface area contributed by atoms with E-state index in [9.17, 15) is 4.79 Å². The number of aryl methyl sites for hydroxylation is 2. The Bertz CT molecular complexity index is 2500. The summed E-state index contributed by atoms with van der Waals surface area (Å²) in [7, 11) is 1.66. The van der Waals surface area contributed by atoms with E-state index in [4.69, 9.17) is 32.8 Å². The molecule has 15 nitrogen and oxygen atoms in total. The summed E-state index contributed by atoms with van der Waals surface area (Å²) in [4.78, 5) is 22.3. The predicted octanol–water partition coefficient (Wildman–Crippen LogP) is 7.17. The smallest absolute Gasteiger partial charge is 0.345 e. The molecule has 65 heavy (non-hydrogen) atoms. The highest BCUT2D eigenvalue weighted by atomic mass is 16.5. The van der Waals surface area contributed by atoms with Crippen molar-refractivity contribution in [3.63, 3.8) is 0 Å². The van der Waals surface area contributed by atoms with Gasteiger partial charge in [0.25, 0.3) is 0 Å². The van der Waals surface area contributed by atoms with Crippen LogP contribution in [-0.2, 0) is 14.2 Å². The number of aromatic nitrogens is 3. The lowest BCUT2D eigenvalue weighted by Gasteiger charge is -2.30. The van der Waals surface area contributed by atoms with Crippen molar-refractivity contribution >= 4 is 33.7 Å². The van der Waals surface area contributed by atoms with Crippen LogP contribution in [0, 0.1) is 13.8 Å². The lowest BCUT2D eigenvalue weighted by molar-refractivity contribution is 0.0530. The fraction of sp³-hybridized carbons (Fsp3) is 0.420. The number of hydrogen-bond acceptors (Lipinski definition) is 14. The van der Waals surface area contributed by atoms with Gasteiger partial charge in [-0.15, -0.1) is 5.10 Å². The summed E-state index contributed by atoms with van der Waals surface area (Å²) in [6.45, 7) is 17.8.